The van der Waals surface area contributed by atoms with E-state index in [1.807, 2.05) is 13.8 Å². The molecule has 0 radical (unpaired) electrons. The first-order valence-electron chi connectivity index (χ1n) is 17.9. The van der Waals surface area contributed by atoms with E-state index < -0.39 is 10.8 Å². The van der Waals surface area contributed by atoms with Gasteiger partial charge in [0.2, 0.25) is 0 Å². The maximum absolute atomic E-state index is 2.54. The molecule has 0 amide bonds. The third kappa shape index (κ3) is 3.46. The highest BCUT2D eigenvalue weighted by molar-refractivity contribution is 6.29. The molecule has 50 heavy (non-hydrogen) atoms. The Hall–Kier alpha value is -5.98. The molecule has 0 aromatic heterocycles. The predicted molar refractivity (Wildman–Crippen MR) is 211 cm³/mol. The van der Waals surface area contributed by atoms with E-state index in [1.165, 1.54) is 88.0 Å². The van der Waals surface area contributed by atoms with Gasteiger partial charge in [-0.2, -0.15) is 0 Å². The van der Waals surface area contributed by atoms with Crippen molar-refractivity contribution in [1.29, 1.82) is 0 Å². The molecule has 2 aliphatic carbocycles. The molecule has 0 nitrogen and oxygen atoms in total. The Morgan fingerprint density at radius 2 is 0.680 bits per heavy atom. The highest BCUT2D eigenvalue weighted by Gasteiger charge is 2.54. The quantitative estimate of drug-likeness (QED) is 0.169. The summed E-state index contributed by atoms with van der Waals surface area (Å²) < 4.78 is 0. The largest absolute Gasteiger partial charge is 0.0714 e. The molecule has 0 atom stereocenters. The van der Waals surface area contributed by atoms with Crippen LogP contribution < -0.4 is 0 Å². The first-order chi connectivity index (χ1) is 24.8. The highest BCUT2D eigenvalue weighted by Crippen LogP contribution is 2.66. The molecule has 0 bridgehead atoms. The van der Waals surface area contributed by atoms with Crippen molar-refractivity contribution in [3.05, 3.63) is 226 Å². The molecular weight excluding hydrogens is 601 g/mol. The monoisotopic (exact) mass is 636 g/mol. The summed E-state index contributed by atoms with van der Waals surface area (Å²) in [5.74, 6) is 0. The molecule has 0 saturated heterocycles. The number of hydrogen-bond donors (Lipinski definition) is 0. The lowest BCUT2D eigenvalue weighted by Gasteiger charge is -2.42. The molecule has 0 fully saturated rings. The molecule has 0 saturated carbocycles. The molecular formula is C50H36. The van der Waals surface area contributed by atoms with E-state index in [-0.39, 0.29) is 0 Å². The second-order valence-corrected chi connectivity index (χ2v) is 13.5. The topological polar surface area (TPSA) is 0 Å². The van der Waals surface area contributed by atoms with Crippen molar-refractivity contribution in [2.45, 2.75) is 24.7 Å². The lowest BCUT2D eigenvalue weighted by molar-refractivity contribution is 0.744. The Labute approximate surface area is 293 Å². The highest BCUT2D eigenvalue weighted by atomic mass is 14.5. The normalized spacial score (nSPS) is 14.5. The van der Waals surface area contributed by atoms with Crippen LogP contribution in [0.2, 0.25) is 0 Å². The van der Waals surface area contributed by atoms with E-state index in [4.69, 9.17) is 0 Å². The fraction of sp³-hybridized carbons (Fsp3) is 0.0800. The first-order valence-corrected chi connectivity index (χ1v) is 17.9. The Morgan fingerprint density at radius 1 is 0.280 bits per heavy atom. The standard InChI is InChI=1S/C48H30.C2H6/c1-5-17-34(18-6-1)47(35-19-7-2-8-20-35)38-25-14-26-39-44(38)46-41(48(39,36-21-9-3-10-22-36)37-23-11-4-12-24-37)30-33-28-27-31-15-13-16-32-29-40(47)45(46)43(33)42(31)32;1-2/h1-30H;1-2H3. The average molecular weight is 637 g/mol. The molecule has 0 heteroatoms. The van der Waals surface area contributed by atoms with Crippen LogP contribution in [0.1, 0.15) is 58.4 Å². The smallest absolute Gasteiger partial charge is 0.0683 e. The van der Waals surface area contributed by atoms with Crippen LogP contribution in [0, 0.1) is 0 Å². The molecule has 236 valence electrons. The SMILES string of the molecule is CC.c1ccc(C2(c3ccccc3)c3cccc4c3-c3c2cc2ccc5cccc6cc(c3c2c56)C4(c2ccccc2)c2ccccc2)cc1. The summed E-state index contributed by atoms with van der Waals surface area (Å²) in [5.41, 5.74) is 12.5. The van der Waals surface area contributed by atoms with Crippen molar-refractivity contribution >= 4 is 32.3 Å². The summed E-state index contributed by atoms with van der Waals surface area (Å²) >= 11 is 0. The van der Waals surface area contributed by atoms with E-state index in [9.17, 15) is 0 Å². The molecule has 0 spiro atoms. The molecule has 0 unspecified atom stereocenters. The van der Waals surface area contributed by atoms with E-state index in [1.54, 1.807) is 0 Å². The van der Waals surface area contributed by atoms with Crippen LogP contribution >= 0.6 is 0 Å². The minimum atomic E-state index is -0.522. The Morgan fingerprint density at radius 3 is 1.20 bits per heavy atom. The van der Waals surface area contributed by atoms with Gasteiger partial charge in [0.25, 0.3) is 0 Å². The Bertz CT molecular complexity index is 2610. The van der Waals surface area contributed by atoms with Crippen LogP contribution in [0.5, 0.6) is 0 Å². The van der Waals surface area contributed by atoms with Gasteiger partial charge in [0.15, 0.2) is 0 Å². The van der Waals surface area contributed by atoms with Crippen LogP contribution in [0.4, 0.5) is 0 Å². The second-order valence-electron chi connectivity index (χ2n) is 13.5. The van der Waals surface area contributed by atoms with E-state index in [0.29, 0.717) is 0 Å². The predicted octanol–water partition coefficient (Wildman–Crippen LogP) is 12.7. The van der Waals surface area contributed by atoms with Crippen molar-refractivity contribution in [3.8, 4) is 11.1 Å². The van der Waals surface area contributed by atoms with Crippen LogP contribution in [-0.2, 0) is 10.8 Å². The molecule has 9 aromatic carbocycles. The van der Waals surface area contributed by atoms with E-state index >= 15 is 0 Å². The van der Waals surface area contributed by atoms with E-state index in [0.717, 1.165) is 0 Å². The van der Waals surface area contributed by atoms with Crippen molar-refractivity contribution in [2.24, 2.45) is 0 Å². The van der Waals surface area contributed by atoms with Gasteiger partial charge in [-0.25, -0.2) is 0 Å². The summed E-state index contributed by atoms with van der Waals surface area (Å²) in [4.78, 5) is 0. The van der Waals surface area contributed by atoms with Gasteiger partial charge in [0, 0.05) is 0 Å². The molecule has 2 aliphatic rings. The summed E-state index contributed by atoms with van der Waals surface area (Å²) in [6.07, 6.45) is 0. The van der Waals surface area contributed by atoms with Crippen LogP contribution in [-0.4, -0.2) is 0 Å². The lowest BCUT2D eigenvalue weighted by atomic mass is 9.59. The number of benzene rings is 9. The Balaban J connectivity index is 0.00000156. The fourth-order valence-electron chi connectivity index (χ4n) is 9.84. The van der Waals surface area contributed by atoms with Gasteiger partial charge >= 0.3 is 0 Å². The third-order valence-corrected chi connectivity index (χ3v) is 11.5. The second kappa shape index (κ2) is 10.8. The van der Waals surface area contributed by atoms with Gasteiger partial charge in [-0.15, -0.1) is 0 Å². The average Bonchev–Trinajstić information content (AvgIpc) is 3.50. The fourth-order valence-corrected chi connectivity index (χ4v) is 9.84. The van der Waals surface area contributed by atoms with Gasteiger partial charge in [-0.1, -0.05) is 184 Å². The molecule has 11 rings (SSSR count). The summed E-state index contributed by atoms with van der Waals surface area (Å²) in [5, 5.41) is 8.04. The molecule has 9 aromatic rings. The van der Waals surface area contributed by atoms with Crippen molar-refractivity contribution in [3.63, 3.8) is 0 Å². The zero-order chi connectivity index (χ0) is 33.5. The minimum Gasteiger partial charge on any atom is -0.0683 e. The van der Waals surface area contributed by atoms with Gasteiger partial charge in [-0.3, -0.25) is 0 Å². The molecule has 0 heterocycles. The van der Waals surface area contributed by atoms with Crippen LogP contribution in [0.3, 0.4) is 0 Å². The van der Waals surface area contributed by atoms with Gasteiger partial charge in [0.05, 0.1) is 10.8 Å². The van der Waals surface area contributed by atoms with Crippen molar-refractivity contribution < 1.29 is 0 Å². The van der Waals surface area contributed by atoms with Gasteiger partial charge in [0.1, 0.15) is 0 Å². The number of hydrogen-bond acceptors (Lipinski definition) is 0. The van der Waals surface area contributed by atoms with Gasteiger partial charge in [-0.05, 0) is 100 Å². The summed E-state index contributed by atoms with van der Waals surface area (Å²) in [7, 11) is 0. The third-order valence-electron chi connectivity index (χ3n) is 11.5. The van der Waals surface area contributed by atoms with E-state index in [2.05, 4.69) is 182 Å². The molecule has 0 N–H and O–H groups in total. The van der Waals surface area contributed by atoms with Crippen LogP contribution in [0.15, 0.2) is 182 Å². The zero-order valence-electron chi connectivity index (χ0n) is 28.3. The number of rotatable bonds is 4. The molecule has 0 aliphatic heterocycles. The van der Waals surface area contributed by atoms with Gasteiger partial charge < -0.3 is 0 Å². The lowest BCUT2D eigenvalue weighted by Crippen LogP contribution is -2.34. The summed E-state index contributed by atoms with van der Waals surface area (Å²) in [6, 6.07) is 68.7. The zero-order valence-corrected chi connectivity index (χ0v) is 28.3. The van der Waals surface area contributed by atoms with Crippen LogP contribution in [0.25, 0.3) is 43.4 Å². The summed E-state index contributed by atoms with van der Waals surface area (Å²) in [6.45, 7) is 4.00. The van der Waals surface area contributed by atoms with Crippen molar-refractivity contribution in [2.75, 3.05) is 0 Å². The Kier molecular flexibility index (Phi) is 6.24. The van der Waals surface area contributed by atoms with Crippen molar-refractivity contribution in [1.82, 2.24) is 0 Å². The minimum absolute atomic E-state index is 0.478. The maximum Gasteiger partial charge on any atom is 0.0714 e. The first kappa shape index (κ1) is 29.0. The maximum atomic E-state index is 2.54.